The molecule has 0 fully saturated rings. The van der Waals surface area contributed by atoms with Gasteiger partial charge < -0.3 is 19.7 Å². The molecule has 2 aliphatic heterocycles. The maximum atomic E-state index is 8.76. The summed E-state index contributed by atoms with van der Waals surface area (Å²) in [6, 6.07) is 0. The molecule has 108 valence electrons. The zero-order chi connectivity index (χ0) is 12.0. The van der Waals surface area contributed by atoms with Crippen molar-refractivity contribution in [3.63, 3.8) is 0 Å². The maximum absolute atomic E-state index is 8.76. The third-order valence-corrected chi connectivity index (χ3v) is 2.77. The Balaban J connectivity index is 0. The van der Waals surface area contributed by atoms with Gasteiger partial charge in [0.1, 0.15) is 18.8 Å². The van der Waals surface area contributed by atoms with Crippen LogP contribution in [0.3, 0.4) is 0 Å². The minimum absolute atomic E-state index is 0. The molecule has 0 spiro atoms. The average molecular weight is 260 g/mol. The molecule has 4 heteroatoms. The van der Waals surface area contributed by atoms with Gasteiger partial charge in [-0.1, -0.05) is 28.7 Å². The van der Waals surface area contributed by atoms with Crippen LogP contribution >= 0.6 is 0 Å². The number of aliphatic hydroxyl groups is 2. The van der Waals surface area contributed by atoms with Crippen molar-refractivity contribution in [2.45, 2.75) is 40.9 Å². The van der Waals surface area contributed by atoms with Gasteiger partial charge in [0.25, 0.3) is 0 Å². The standard InChI is InChI=1S/C7H12O.C5H8O3.2CH4/c1-6-3-4-8-5-7(6)2;6-4-1-2-8-3-5(4)7;;/h3-4,6-7H,5H2,1-2H3;1-2,4-7H,3H2;2*1H4/t6-,7+;4-,5+;;/m00../s1. The predicted octanol–water partition coefficient (Wildman–Crippen LogP) is 2.33. The molecule has 0 aromatic heterocycles. The van der Waals surface area contributed by atoms with Gasteiger partial charge in [-0.3, -0.25) is 0 Å². The van der Waals surface area contributed by atoms with E-state index in [9.17, 15) is 0 Å². The van der Waals surface area contributed by atoms with Crippen LogP contribution in [-0.2, 0) is 9.47 Å². The van der Waals surface area contributed by atoms with Gasteiger partial charge in [0.05, 0.1) is 19.1 Å². The fourth-order valence-electron chi connectivity index (χ4n) is 1.25. The summed E-state index contributed by atoms with van der Waals surface area (Å²) in [5, 5.41) is 17.5. The van der Waals surface area contributed by atoms with Gasteiger partial charge in [0.2, 0.25) is 0 Å². The Morgan fingerprint density at radius 3 is 1.83 bits per heavy atom. The molecule has 0 aromatic carbocycles. The zero-order valence-corrected chi connectivity index (χ0v) is 9.74. The van der Waals surface area contributed by atoms with Crippen molar-refractivity contribution in [2.24, 2.45) is 11.8 Å². The van der Waals surface area contributed by atoms with E-state index in [-0.39, 0.29) is 21.5 Å². The van der Waals surface area contributed by atoms with E-state index < -0.39 is 12.2 Å². The van der Waals surface area contributed by atoms with Crippen LogP contribution in [0.25, 0.3) is 0 Å². The number of hydrogen-bond donors (Lipinski definition) is 2. The first-order valence-electron chi connectivity index (χ1n) is 5.54. The largest absolute Gasteiger partial charge is 0.501 e. The van der Waals surface area contributed by atoms with E-state index in [2.05, 4.69) is 24.7 Å². The molecule has 0 saturated heterocycles. The molecule has 0 unspecified atom stereocenters. The molecular weight excluding hydrogens is 232 g/mol. The van der Waals surface area contributed by atoms with E-state index in [1.54, 1.807) is 6.26 Å². The average Bonchev–Trinajstić information content (AvgIpc) is 2.28. The molecule has 2 aliphatic rings. The molecule has 2 rings (SSSR count). The third kappa shape index (κ3) is 6.67. The summed E-state index contributed by atoms with van der Waals surface area (Å²) < 4.78 is 9.73. The Bertz CT molecular complexity index is 224. The quantitative estimate of drug-likeness (QED) is 0.702. The van der Waals surface area contributed by atoms with E-state index in [0.29, 0.717) is 11.8 Å². The second-order valence-corrected chi connectivity index (χ2v) is 4.22. The van der Waals surface area contributed by atoms with Crippen molar-refractivity contribution in [2.75, 3.05) is 13.2 Å². The smallest absolute Gasteiger partial charge is 0.117 e. The Hall–Kier alpha value is -1.00. The van der Waals surface area contributed by atoms with Crippen LogP contribution in [-0.4, -0.2) is 35.6 Å². The highest BCUT2D eigenvalue weighted by atomic mass is 16.5. The van der Waals surface area contributed by atoms with Gasteiger partial charge in [-0.25, -0.2) is 0 Å². The number of allylic oxidation sites excluding steroid dienone is 1. The van der Waals surface area contributed by atoms with Crippen molar-refractivity contribution in [1.29, 1.82) is 0 Å². The van der Waals surface area contributed by atoms with Crippen molar-refractivity contribution in [1.82, 2.24) is 0 Å². The Labute approximate surface area is 111 Å². The monoisotopic (exact) mass is 260 g/mol. The van der Waals surface area contributed by atoms with Gasteiger partial charge >= 0.3 is 0 Å². The molecule has 0 aromatic rings. The van der Waals surface area contributed by atoms with E-state index in [1.165, 1.54) is 12.3 Å². The van der Waals surface area contributed by atoms with Crippen LogP contribution in [0.2, 0.25) is 0 Å². The highest BCUT2D eigenvalue weighted by Gasteiger charge is 2.16. The second-order valence-electron chi connectivity index (χ2n) is 4.22. The molecular formula is C14H28O4. The Kier molecular flexibility index (Phi) is 10.7. The van der Waals surface area contributed by atoms with Crippen LogP contribution in [0.4, 0.5) is 0 Å². The molecule has 0 radical (unpaired) electrons. The van der Waals surface area contributed by atoms with Crippen molar-refractivity contribution in [3.8, 4) is 0 Å². The lowest BCUT2D eigenvalue weighted by Gasteiger charge is -2.19. The van der Waals surface area contributed by atoms with Gasteiger partial charge in [-0.15, -0.1) is 0 Å². The first-order valence-corrected chi connectivity index (χ1v) is 5.54. The van der Waals surface area contributed by atoms with Crippen LogP contribution in [0.5, 0.6) is 0 Å². The minimum atomic E-state index is -0.750. The first-order chi connectivity index (χ1) is 7.61. The molecule has 4 atom stereocenters. The fraction of sp³-hybridized carbons (Fsp3) is 0.714. The predicted molar refractivity (Wildman–Crippen MR) is 74.0 cm³/mol. The summed E-state index contributed by atoms with van der Waals surface area (Å²) in [5.74, 6) is 1.39. The molecule has 0 amide bonds. The third-order valence-electron chi connectivity index (χ3n) is 2.77. The number of aliphatic hydroxyl groups excluding tert-OH is 2. The van der Waals surface area contributed by atoms with Gasteiger partial charge in [-0.05, 0) is 24.0 Å². The van der Waals surface area contributed by atoms with Crippen molar-refractivity contribution >= 4 is 0 Å². The molecule has 0 bridgehead atoms. The number of hydrogen-bond acceptors (Lipinski definition) is 4. The lowest BCUT2D eigenvalue weighted by molar-refractivity contribution is -0.0108. The van der Waals surface area contributed by atoms with Crippen molar-refractivity contribution in [3.05, 3.63) is 24.7 Å². The van der Waals surface area contributed by atoms with Crippen LogP contribution < -0.4 is 0 Å². The van der Waals surface area contributed by atoms with Gasteiger partial charge in [0, 0.05) is 0 Å². The first kappa shape index (κ1) is 19.3. The number of ether oxygens (including phenoxy) is 2. The molecule has 4 nitrogen and oxygen atoms in total. The highest BCUT2D eigenvalue weighted by molar-refractivity contribution is 4.91. The number of rotatable bonds is 0. The summed E-state index contributed by atoms with van der Waals surface area (Å²) in [6.45, 7) is 5.49. The lowest BCUT2D eigenvalue weighted by Crippen LogP contribution is -2.30. The van der Waals surface area contributed by atoms with Gasteiger partial charge in [-0.2, -0.15) is 0 Å². The zero-order valence-electron chi connectivity index (χ0n) is 9.74. The lowest BCUT2D eigenvalue weighted by atomic mass is 9.96. The van der Waals surface area contributed by atoms with Gasteiger partial charge in [0.15, 0.2) is 0 Å². The Morgan fingerprint density at radius 2 is 1.50 bits per heavy atom. The van der Waals surface area contributed by atoms with Crippen LogP contribution in [0.1, 0.15) is 28.7 Å². The topological polar surface area (TPSA) is 58.9 Å². The van der Waals surface area contributed by atoms with E-state index in [1.807, 2.05) is 0 Å². The summed E-state index contributed by atoms with van der Waals surface area (Å²) in [7, 11) is 0. The van der Waals surface area contributed by atoms with E-state index in [0.717, 1.165) is 6.61 Å². The van der Waals surface area contributed by atoms with Crippen LogP contribution in [0, 0.1) is 11.8 Å². The summed E-state index contributed by atoms with van der Waals surface area (Å²) in [4.78, 5) is 0. The normalized spacial score (nSPS) is 32.7. The summed E-state index contributed by atoms with van der Waals surface area (Å²) >= 11 is 0. The molecule has 2 heterocycles. The minimum Gasteiger partial charge on any atom is -0.501 e. The SMILES string of the molecule is C.C.C[C@@H]1COC=C[C@@H]1C.O[C@@H]1COC=C[C@@H]1O. The second kappa shape index (κ2) is 9.97. The van der Waals surface area contributed by atoms with E-state index in [4.69, 9.17) is 14.9 Å². The summed E-state index contributed by atoms with van der Waals surface area (Å²) in [6.07, 6.45) is 5.20. The molecule has 18 heavy (non-hydrogen) atoms. The fourth-order valence-corrected chi connectivity index (χ4v) is 1.25. The van der Waals surface area contributed by atoms with Crippen molar-refractivity contribution < 1.29 is 19.7 Å². The molecule has 0 saturated carbocycles. The Morgan fingerprint density at radius 1 is 0.944 bits per heavy atom. The summed E-state index contributed by atoms with van der Waals surface area (Å²) in [5.41, 5.74) is 0. The highest BCUT2D eigenvalue weighted by Crippen LogP contribution is 2.16. The molecule has 0 aliphatic carbocycles. The maximum Gasteiger partial charge on any atom is 0.117 e. The molecule has 2 N–H and O–H groups in total. The van der Waals surface area contributed by atoms with Crippen LogP contribution in [0.15, 0.2) is 24.7 Å². The van der Waals surface area contributed by atoms with E-state index >= 15 is 0 Å².